The number of nitrogens with zero attached hydrogens (tertiary/aromatic N) is 4. The van der Waals surface area contributed by atoms with Crippen LogP contribution in [0.15, 0.2) is 23.3 Å². The monoisotopic (exact) mass is 478 g/mol. The van der Waals surface area contributed by atoms with Gasteiger partial charge in [-0.25, -0.2) is 4.68 Å². The number of hydrogen-bond acceptors (Lipinski definition) is 6. The molecule has 2 aliphatic heterocycles. The van der Waals surface area contributed by atoms with Gasteiger partial charge in [-0.15, -0.1) is 0 Å². The molecule has 0 aromatic carbocycles. The minimum absolute atomic E-state index is 0.0413. The van der Waals surface area contributed by atoms with E-state index >= 15 is 0 Å². The van der Waals surface area contributed by atoms with Crippen LogP contribution < -0.4 is 11.0 Å². The molecule has 0 amide bonds. The maximum Gasteiger partial charge on any atom is 0.496 e. The summed E-state index contributed by atoms with van der Waals surface area (Å²) >= 11 is 0. The highest BCUT2D eigenvalue weighted by Gasteiger charge is 2.52. The zero-order valence-corrected chi connectivity index (χ0v) is 19.5. The number of aromatic nitrogens is 4. The van der Waals surface area contributed by atoms with Crippen molar-refractivity contribution in [2.24, 2.45) is 0 Å². The van der Waals surface area contributed by atoms with Crippen molar-refractivity contribution in [1.29, 1.82) is 0 Å². The Morgan fingerprint density at radius 2 is 1.85 bits per heavy atom. The summed E-state index contributed by atoms with van der Waals surface area (Å²) in [5.74, 6) is 0. The van der Waals surface area contributed by atoms with E-state index in [1.807, 2.05) is 27.7 Å². The van der Waals surface area contributed by atoms with Gasteiger partial charge in [0.05, 0.1) is 28.3 Å². The van der Waals surface area contributed by atoms with Crippen LogP contribution in [0.4, 0.5) is 13.2 Å². The number of pyridine rings is 2. The number of fused-ring (bicyclic) bond motifs is 3. The van der Waals surface area contributed by atoms with E-state index in [2.05, 4.69) is 10.1 Å². The van der Waals surface area contributed by atoms with Crippen LogP contribution in [0, 0.1) is 0 Å². The Bertz CT molecular complexity index is 1300. The van der Waals surface area contributed by atoms with Crippen molar-refractivity contribution in [2.45, 2.75) is 77.1 Å². The maximum atomic E-state index is 13.5. The van der Waals surface area contributed by atoms with Crippen molar-refractivity contribution in [3.63, 3.8) is 0 Å². The Balaban J connectivity index is 1.72. The van der Waals surface area contributed by atoms with E-state index in [1.54, 1.807) is 4.68 Å². The molecule has 1 atom stereocenters. The van der Waals surface area contributed by atoms with Gasteiger partial charge in [0.1, 0.15) is 17.6 Å². The summed E-state index contributed by atoms with van der Waals surface area (Å²) in [5, 5.41) is 4.38. The predicted octanol–water partition coefficient (Wildman–Crippen LogP) is 3.31. The highest BCUT2D eigenvalue weighted by Crippen LogP contribution is 2.37. The molecule has 0 aliphatic carbocycles. The second-order valence-corrected chi connectivity index (χ2v) is 9.90. The fraction of sp³-hybridized carbons (Fsp3) is 0.591. The van der Waals surface area contributed by atoms with E-state index in [-0.39, 0.29) is 16.4 Å². The van der Waals surface area contributed by atoms with E-state index in [0.29, 0.717) is 28.6 Å². The van der Waals surface area contributed by atoms with E-state index < -0.39 is 42.8 Å². The van der Waals surface area contributed by atoms with Gasteiger partial charge in [-0.2, -0.15) is 18.3 Å². The number of alkyl halides is 3. The summed E-state index contributed by atoms with van der Waals surface area (Å²) < 4.78 is 60.6. The standard InChI is InChI=1S/C22H26BF3N4O4/c1-20(2)21(3,4)34-23(33-20)13-9-15-17(27-10-13)18-14(19(31)29(15)12-22(24,25)26)11-28-30(18)16-7-5-6-8-32-16/h9-11,16H,5-8,12H2,1-4H3. The predicted molar refractivity (Wildman–Crippen MR) is 120 cm³/mol. The highest BCUT2D eigenvalue weighted by atomic mass is 19.4. The van der Waals surface area contributed by atoms with Crippen LogP contribution in [0.3, 0.4) is 0 Å². The first-order chi connectivity index (χ1) is 15.9. The van der Waals surface area contributed by atoms with E-state index in [0.717, 1.165) is 12.8 Å². The third kappa shape index (κ3) is 3.81. The zero-order valence-electron chi connectivity index (χ0n) is 19.5. The average molecular weight is 478 g/mol. The minimum atomic E-state index is -4.60. The molecule has 0 bridgehead atoms. The summed E-state index contributed by atoms with van der Waals surface area (Å²) in [6.45, 7) is 6.63. The minimum Gasteiger partial charge on any atom is -0.399 e. The average Bonchev–Trinajstić information content (AvgIpc) is 3.29. The summed E-state index contributed by atoms with van der Waals surface area (Å²) in [6, 6.07) is 1.50. The first kappa shape index (κ1) is 23.3. The normalized spacial score (nSPS) is 22.7. The van der Waals surface area contributed by atoms with Gasteiger partial charge in [0.25, 0.3) is 5.56 Å². The highest BCUT2D eigenvalue weighted by molar-refractivity contribution is 6.62. The molecule has 12 heteroatoms. The second-order valence-electron chi connectivity index (χ2n) is 9.90. The second kappa shape index (κ2) is 7.79. The van der Waals surface area contributed by atoms with Gasteiger partial charge >= 0.3 is 13.3 Å². The van der Waals surface area contributed by atoms with Crippen LogP contribution in [0.25, 0.3) is 21.9 Å². The van der Waals surface area contributed by atoms with E-state index in [4.69, 9.17) is 14.0 Å². The molecule has 0 radical (unpaired) electrons. The third-order valence-corrected chi connectivity index (χ3v) is 6.97. The molecule has 182 valence electrons. The van der Waals surface area contributed by atoms with Gasteiger partial charge in [-0.1, -0.05) is 0 Å². The Kier molecular flexibility index (Phi) is 5.34. The molecule has 2 saturated heterocycles. The van der Waals surface area contributed by atoms with Crippen LogP contribution in [0.1, 0.15) is 53.2 Å². The quantitative estimate of drug-likeness (QED) is 0.538. The Hall–Kier alpha value is -2.44. The molecule has 5 heterocycles. The van der Waals surface area contributed by atoms with Gasteiger partial charge in [0, 0.05) is 18.3 Å². The lowest BCUT2D eigenvalue weighted by Gasteiger charge is -2.32. The third-order valence-electron chi connectivity index (χ3n) is 6.97. The van der Waals surface area contributed by atoms with Crippen LogP contribution in [0.2, 0.25) is 0 Å². The molecule has 0 saturated carbocycles. The molecule has 3 aromatic heterocycles. The number of hydrogen-bond donors (Lipinski definition) is 0. The summed E-state index contributed by atoms with van der Waals surface area (Å²) in [4.78, 5) is 17.7. The molecule has 0 spiro atoms. The van der Waals surface area contributed by atoms with Crippen molar-refractivity contribution >= 4 is 34.5 Å². The smallest absolute Gasteiger partial charge is 0.399 e. The van der Waals surface area contributed by atoms with Gasteiger partial charge in [0.2, 0.25) is 0 Å². The first-order valence-corrected chi connectivity index (χ1v) is 11.3. The van der Waals surface area contributed by atoms with Crippen LogP contribution >= 0.6 is 0 Å². The lowest BCUT2D eigenvalue weighted by molar-refractivity contribution is -0.140. The van der Waals surface area contributed by atoms with Gasteiger partial charge in [0.15, 0.2) is 6.23 Å². The molecular weight excluding hydrogens is 452 g/mol. The van der Waals surface area contributed by atoms with Crippen molar-refractivity contribution in [3.8, 4) is 0 Å². The molecule has 2 fully saturated rings. The fourth-order valence-electron chi connectivity index (χ4n) is 4.45. The summed E-state index contributed by atoms with van der Waals surface area (Å²) in [6.07, 6.45) is 0.344. The first-order valence-electron chi connectivity index (χ1n) is 11.3. The molecule has 0 N–H and O–H groups in total. The largest absolute Gasteiger partial charge is 0.496 e. The summed E-state index contributed by atoms with van der Waals surface area (Å²) in [7, 11) is -0.835. The maximum absolute atomic E-state index is 13.5. The zero-order chi connectivity index (χ0) is 24.5. The molecule has 34 heavy (non-hydrogen) atoms. The van der Waals surface area contributed by atoms with Gasteiger partial charge in [-0.05, 0) is 53.0 Å². The molecular formula is C22H26BF3N4O4. The van der Waals surface area contributed by atoms with Crippen LogP contribution in [0.5, 0.6) is 0 Å². The van der Waals surface area contributed by atoms with Crippen LogP contribution in [-0.4, -0.2) is 50.4 Å². The Morgan fingerprint density at radius 3 is 2.47 bits per heavy atom. The molecule has 8 nitrogen and oxygen atoms in total. The lowest BCUT2D eigenvalue weighted by Crippen LogP contribution is -2.41. The van der Waals surface area contributed by atoms with E-state index in [1.165, 1.54) is 18.5 Å². The number of halogens is 3. The van der Waals surface area contributed by atoms with Crippen molar-refractivity contribution in [3.05, 3.63) is 28.8 Å². The molecule has 1 unspecified atom stereocenters. The van der Waals surface area contributed by atoms with E-state index in [9.17, 15) is 18.0 Å². The van der Waals surface area contributed by atoms with Crippen molar-refractivity contribution in [1.82, 2.24) is 19.3 Å². The molecule has 3 aromatic rings. The summed E-state index contributed by atoms with van der Waals surface area (Å²) in [5.41, 5.74) is -0.982. The molecule has 2 aliphatic rings. The Labute approximate surface area is 194 Å². The van der Waals surface area contributed by atoms with Gasteiger partial charge in [-0.3, -0.25) is 14.3 Å². The van der Waals surface area contributed by atoms with Crippen molar-refractivity contribution < 1.29 is 27.2 Å². The number of rotatable bonds is 3. The van der Waals surface area contributed by atoms with Crippen LogP contribution in [-0.2, 0) is 20.6 Å². The lowest BCUT2D eigenvalue weighted by atomic mass is 9.80. The van der Waals surface area contributed by atoms with Crippen molar-refractivity contribution in [2.75, 3.05) is 6.61 Å². The number of ether oxygens (including phenoxy) is 1. The SMILES string of the molecule is CC1(C)OB(c2cnc3c4c(cnn4C4CCCCO4)c(=O)n(CC(F)(F)F)c3c2)OC1(C)C. The topological polar surface area (TPSA) is 80.4 Å². The fourth-order valence-corrected chi connectivity index (χ4v) is 4.45. The Morgan fingerprint density at radius 1 is 1.15 bits per heavy atom. The van der Waals surface area contributed by atoms with Gasteiger partial charge < -0.3 is 14.0 Å². The molecule has 5 rings (SSSR count).